The number of rotatable bonds is 3. The first-order valence-corrected chi connectivity index (χ1v) is 6.38. The lowest BCUT2D eigenvalue weighted by molar-refractivity contribution is 0.321. The maximum atomic E-state index is 5.39. The average molecular weight is 234 g/mol. The van der Waals surface area contributed by atoms with Crippen LogP contribution < -0.4 is 16.2 Å². The Balaban J connectivity index is 2.14. The van der Waals surface area contributed by atoms with Crippen molar-refractivity contribution in [2.24, 2.45) is 11.8 Å². The molecule has 0 saturated heterocycles. The van der Waals surface area contributed by atoms with E-state index in [-0.39, 0.29) is 0 Å². The molecule has 0 aromatic carbocycles. The van der Waals surface area contributed by atoms with Crippen LogP contribution in [-0.4, -0.2) is 18.1 Å². The number of anilines is 2. The van der Waals surface area contributed by atoms with Gasteiger partial charge in [0.15, 0.2) is 0 Å². The minimum Gasteiger partial charge on any atom is -0.371 e. The zero-order chi connectivity index (χ0) is 12.3. The summed E-state index contributed by atoms with van der Waals surface area (Å²) in [4.78, 5) is 6.51. The molecular formula is C13H22N4. The van der Waals surface area contributed by atoms with Crippen molar-refractivity contribution >= 4 is 11.5 Å². The second kappa shape index (κ2) is 5.36. The van der Waals surface area contributed by atoms with Crippen molar-refractivity contribution in [3.8, 4) is 0 Å². The molecule has 1 aliphatic carbocycles. The zero-order valence-corrected chi connectivity index (χ0v) is 10.7. The van der Waals surface area contributed by atoms with Gasteiger partial charge in [-0.1, -0.05) is 19.8 Å². The first-order valence-electron chi connectivity index (χ1n) is 6.38. The van der Waals surface area contributed by atoms with E-state index in [0.29, 0.717) is 6.04 Å². The van der Waals surface area contributed by atoms with E-state index in [1.165, 1.54) is 31.4 Å². The maximum Gasteiger partial charge on any atom is 0.141 e. The van der Waals surface area contributed by atoms with Gasteiger partial charge in [0.2, 0.25) is 0 Å². The summed E-state index contributed by atoms with van der Waals surface area (Å²) < 4.78 is 0. The van der Waals surface area contributed by atoms with E-state index < -0.39 is 0 Å². The van der Waals surface area contributed by atoms with Crippen LogP contribution in [0, 0.1) is 5.92 Å². The Hall–Kier alpha value is -1.29. The molecule has 2 unspecified atom stereocenters. The van der Waals surface area contributed by atoms with E-state index in [0.717, 1.165) is 11.7 Å². The van der Waals surface area contributed by atoms with E-state index in [1.807, 2.05) is 12.1 Å². The number of aromatic nitrogens is 1. The van der Waals surface area contributed by atoms with E-state index in [9.17, 15) is 0 Å². The van der Waals surface area contributed by atoms with Crippen LogP contribution in [0.5, 0.6) is 0 Å². The van der Waals surface area contributed by atoms with Crippen molar-refractivity contribution in [1.29, 1.82) is 0 Å². The maximum absolute atomic E-state index is 5.39. The third-order valence-electron chi connectivity index (χ3n) is 3.86. The number of nitrogens with zero attached hydrogens (tertiary/aromatic N) is 2. The van der Waals surface area contributed by atoms with Gasteiger partial charge in [-0.3, -0.25) is 0 Å². The van der Waals surface area contributed by atoms with Gasteiger partial charge < -0.3 is 10.3 Å². The SMILES string of the molecule is CC1CCCCC1N(C)c1ccnc(NN)c1. The molecule has 4 heteroatoms. The van der Waals surface area contributed by atoms with Gasteiger partial charge in [-0.25, -0.2) is 10.8 Å². The molecule has 1 aromatic heterocycles. The molecule has 2 rings (SSSR count). The summed E-state index contributed by atoms with van der Waals surface area (Å²) in [7, 11) is 2.17. The van der Waals surface area contributed by atoms with Crippen LogP contribution in [0.3, 0.4) is 0 Å². The van der Waals surface area contributed by atoms with Crippen LogP contribution in [0.15, 0.2) is 18.3 Å². The minimum atomic E-state index is 0.636. The van der Waals surface area contributed by atoms with Crippen LogP contribution >= 0.6 is 0 Å². The normalized spacial score (nSPS) is 24.4. The average Bonchev–Trinajstić information content (AvgIpc) is 2.38. The fourth-order valence-corrected chi connectivity index (χ4v) is 2.78. The molecular weight excluding hydrogens is 212 g/mol. The van der Waals surface area contributed by atoms with Crippen LogP contribution in [-0.2, 0) is 0 Å². The monoisotopic (exact) mass is 234 g/mol. The van der Waals surface area contributed by atoms with Crippen molar-refractivity contribution in [2.75, 3.05) is 17.4 Å². The molecule has 0 aliphatic heterocycles. The lowest BCUT2D eigenvalue weighted by Gasteiger charge is -2.37. The molecule has 17 heavy (non-hydrogen) atoms. The first-order chi connectivity index (χ1) is 8.22. The van der Waals surface area contributed by atoms with Crippen LogP contribution in [0.4, 0.5) is 11.5 Å². The van der Waals surface area contributed by atoms with Gasteiger partial charge in [0.05, 0.1) is 0 Å². The lowest BCUT2D eigenvalue weighted by atomic mass is 9.85. The molecule has 0 bridgehead atoms. The molecule has 1 aromatic rings. The third kappa shape index (κ3) is 2.69. The number of hydrazine groups is 1. The molecule has 1 fully saturated rings. The number of hydrogen-bond acceptors (Lipinski definition) is 4. The van der Waals surface area contributed by atoms with E-state index in [1.54, 1.807) is 6.20 Å². The standard InChI is InChI=1S/C13H22N4/c1-10-5-3-4-6-12(10)17(2)11-7-8-15-13(9-11)16-14/h7-10,12H,3-6,14H2,1-2H3,(H,15,16). The molecule has 0 amide bonds. The summed E-state index contributed by atoms with van der Waals surface area (Å²) in [6.45, 7) is 2.35. The van der Waals surface area contributed by atoms with Gasteiger partial charge >= 0.3 is 0 Å². The van der Waals surface area contributed by atoms with Gasteiger partial charge in [-0.05, 0) is 24.8 Å². The lowest BCUT2D eigenvalue weighted by Crippen LogP contribution is -2.39. The summed E-state index contributed by atoms with van der Waals surface area (Å²) in [5.41, 5.74) is 3.79. The van der Waals surface area contributed by atoms with Crippen molar-refractivity contribution < 1.29 is 0 Å². The van der Waals surface area contributed by atoms with Gasteiger partial charge in [-0.2, -0.15) is 0 Å². The first kappa shape index (κ1) is 12.2. The fourth-order valence-electron chi connectivity index (χ4n) is 2.78. The van der Waals surface area contributed by atoms with Gasteiger partial charge in [0.1, 0.15) is 5.82 Å². The minimum absolute atomic E-state index is 0.636. The molecule has 2 atom stereocenters. The fraction of sp³-hybridized carbons (Fsp3) is 0.615. The summed E-state index contributed by atoms with van der Waals surface area (Å²) in [6.07, 6.45) is 7.13. The Labute approximate surface area is 103 Å². The number of nitrogens with two attached hydrogens (primary N) is 1. The summed E-state index contributed by atoms with van der Waals surface area (Å²) in [6, 6.07) is 4.68. The van der Waals surface area contributed by atoms with Crippen molar-refractivity contribution in [2.45, 2.75) is 38.6 Å². The van der Waals surface area contributed by atoms with E-state index in [2.05, 4.69) is 29.3 Å². The highest BCUT2D eigenvalue weighted by Crippen LogP contribution is 2.30. The predicted octanol–water partition coefficient (Wildman–Crippen LogP) is 2.38. The Bertz CT molecular complexity index is 366. The molecule has 1 aliphatic rings. The number of pyridine rings is 1. The van der Waals surface area contributed by atoms with Gasteiger partial charge in [0.25, 0.3) is 0 Å². The predicted molar refractivity (Wildman–Crippen MR) is 71.9 cm³/mol. The van der Waals surface area contributed by atoms with Crippen LogP contribution in [0.2, 0.25) is 0 Å². The Kier molecular flexibility index (Phi) is 3.84. The van der Waals surface area contributed by atoms with Crippen molar-refractivity contribution in [3.63, 3.8) is 0 Å². The quantitative estimate of drug-likeness (QED) is 0.623. The number of nitrogens with one attached hydrogen (secondary N) is 1. The second-order valence-corrected chi connectivity index (χ2v) is 4.98. The topological polar surface area (TPSA) is 54.2 Å². The summed E-state index contributed by atoms with van der Waals surface area (Å²) >= 11 is 0. The summed E-state index contributed by atoms with van der Waals surface area (Å²) in [5, 5.41) is 0. The zero-order valence-electron chi connectivity index (χ0n) is 10.7. The molecule has 1 saturated carbocycles. The van der Waals surface area contributed by atoms with Crippen LogP contribution in [0.25, 0.3) is 0 Å². The van der Waals surface area contributed by atoms with E-state index >= 15 is 0 Å². The Morgan fingerprint density at radius 1 is 1.41 bits per heavy atom. The highest BCUT2D eigenvalue weighted by atomic mass is 15.3. The largest absolute Gasteiger partial charge is 0.371 e. The van der Waals surface area contributed by atoms with Crippen LogP contribution in [0.1, 0.15) is 32.6 Å². The molecule has 4 nitrogen and oxygen atoms in total. The molecule has 1 heterocycles. The molecule has 94 valence electrons. The van der Waals surface area contributed by atoms with Gasteiger partial charge in [0, 0.05) is 31.0 Å². The Morgan fingerprint density at radius 2 is 2.18 bits per heavy atom. The number of hydrogen-bond donors (Lipinski definition) is 2. The highest BCUT2D eigenvalue weighted by Gasteiger charge is 2.25. The molecule has 0 spiro atoms. The third-order valence-corrected chi connectivity index (χ3v) is 3.86. The van der Waals surface area contributed by atoms with Crippen molar-refractivity contribution in [1.82, 2.24) is 4.98 Å². The molecule has 0 radical (unpaired) electrons. The van der Waals surface area contributed by atoms with Crippen molar-refractivity contribution in [3.05, 3.63) is 18.3 Å². The van der Waals surface area contributed by atoms with Gasteiger partial charge in [-0.15, -0.1) is 0 Å². The summed E-state index contributed by atoms with van der Waals surface area (Å²) in [5.74, 6) is 6.87. The Morgan fingerprint density at radius 3 is 2.88 bits per heavy atom. The van der Waals surface area contributed by atoms with E-state index in [4.69, 9.17) is 5.84 Å². The second-order valence-electron chi connectivity index (χ2n) is 4.98. The molecule has 3 N–H and O–H groups in total. The highest BCUT2D eigenvalue weighted by molar-refractivity contribution is 5.53. The number of nitrogen functional groups attached to an aromatic ring is 1. The smallest absolute Gasteiger partial charge is 0.141 e.